The zero-order valence-corrected chi connectivity index (χ0v) is 4.46. The minimum absolute atomic E-state index is 0.135. The van der Waals surface area contributed by atoms with E-state index in [1.165, 1.54) is 0 Å². The zero-order chi connectivity index (χ0) is 5.70. The largest absolute Gasteiger partial charge is 0.393 e. The summed E-state index contributed by atoms with van der Waals surface area (Å²) in [5.41, 5.74) is 0. The van der Waals surface area contributed by atoms with E-state index in [1.54, 1.807) is 0 Å². The average molecular weight is 106 g/mol. The van der Waals surface area contributed by atoms with Gasteiger partial charge in [0.1, 0.15) is 12.6 Å². The van der Waals surface area contributed by atoms with Crippen molar-refractivity contribution in [3.05, 3.63) is 0 Å². The van der Waals surface area contributed by atoms with Gasteiger partial charge in [0, 0.05) is 0 Å². The molecular weight excluding hydrogens is 94.0 g/mol. The Morgan fingerprint density at radius 3 is 2.43 bits per heavy atom. The fourth-order valence-electron chi connectivity index (χ4n) is 0.347. The first-order chi connectivity index (χ1) is 3.31. The van der Waals surface area contributed by atoms with Crippen LogP contribution in [0.5, 0.6) is 0 Å². The second-order valence-corrected chi connectivity index (χ2v) is 1.48. The van der Waals surface area contributed by atoms with Crippen molar-refractivity contribution >= 4 is 0 Å². The van der Waals surface area contributed by atoms with Crippen LogP contribution in [-0.4, -0.2) is 36.5 Å². The van der Waals surface area contributed by atoms with Crippen LogP contribution in [0.15, 0.2) is 0 Å². The normalized spacial score (nSPS) is 14.1. The molecule has 0 aromatic heterocycles. The highest BCUT2D eigenvalue weighted by molar-refractivity contribution is 4.43. The van der Waals surface area contributed by atoms with Gasteiger partial charge in [0.05, 0.1) is 13.7 Å². The third-order valence-corrected chi connectivity index (χ3v) is 0.719. The molecule has 3 heteroatoms. The molecule has 0 aromatic rings. The molecule has 44 valence electrons. The summed E-state index contributed by atoms with van der Waals surface area (Å²) in [6.45, 7) is 0.445. The molecule has 4 N–H and O–H groups in total. The number of nitrogens with two attached hydrogens (primary N) is 1. The first kappa shape index (κ1) is 6.88. The van der Waals surface area contributed by atoms with Gasteiger partial charge in [-0.2, -0.15) is 0 Å². The van der Waals surface area contributed by atoms with Gasteiger partial charge in [0.25, 0.3) is 0 Å². The molecule has 0 fully saturated rings. The van der Waals surface area contributed by atoms with Crippen LogP contribution in [0.1, 0.15) is 0 Å². The fraction of sp³-hybridized carbons (Fsp3) is 1.00. The van der Waals surface area contributed by atoms with Crippen molar-refractivity contribution in [2.75, 3.05) is 20.2 Å². The maximum Gasteiger partial charge on any atom is 0.126 e. The Labute approximate surface area is 43.0 Å². The Kier molecular flexibility index (Phi) is 3.98. The lowest BCUT2D eigenvalue weighted by molar-refractivity contribution is -0.634. The number of aliphatic hydroxyl groups is 2. The average Bonchev–Trinajstić information content (AvgIpc) is 1.68. The first-order valence-electron chi connectivity index (χ1n) is 2.38. The van der Waals surface area contributed by atoms with Crippen LogP contribution in [0.25, 0.3) is 0 Å². The van der Waals surface area contributed by atoms with Gasteiger partial charge >= 0.3 is 0 Å². The summed E-state index contributed by atoms with van der Waals surface area (Å²) in [4.78, 5) is 0. The first-order valence-corrected chi connectivity index (χ1v) is 2.38. The van der Waals surface area contributed by atoms with Gasteiger partial charge in [-0.1, -0.05) is 0 Å². The predicted molar refractivity (Wildman–Crippen MR) is 25.8 cm³/mol. The molecule has 0 saturated carbocycles. The lowest BCUT2D eigenvalue weighted by Crippen LogP contribution is -2.82. The summed E-state index contributed by atoms with van der Waals surface area (Å²) >= 11 is 0. The third kappa shape index (κ3) is 3.72. The Bertz CT molecular complexity index is 40.7. The maximum absolute atomic E-state index is 8.58. The van der Waals surface area contributed by atoms with Crippen molar-refractivity contribution in [3.8, 4) is 0 Å². The minimum atomic E-state index is -0.551. The molecule has 3 nitrogen and oxygen atoms in total. The summed E-state index contributed by atoms with van der Waals surface area (Å²) in [5, 5.41) is 18.6. The van der Waals surface area contributed by atoms with Crippen molar-refractivity contribution in [2.24, 2.45) is 0 Å². The lowest BCUT2D eigenvalue weighted by atomic mass is 10.4. The maximum atomic E-state index is 8.58. The number of quaternary nitrogens is 1. The lowest BCUT2D eigenvalue weighted by Gasteiger charge is -1.99. The van der Waals surface area contributed by atoms with Crippen LogP contribution in [-0.2, 0) is 0 Å². The topological polar surface area (TPSA) is 57.1 Å². The van der Waals surface area contributed by atoms with E-state index in [1.807, 2.05) is 12.4 Å². The van der Waals surface area contributed by atoms with E-state index >= 15 is 0 Å². The Morgan fingerprint density at radius 1 is 1.71 bits per heavy atom. The quantitative estimate of drug-likeness (QED) is 0.373. The summed E-state index contributed by atoms with van der Waals surface area (Å²) in [5.74, 6) is 0. The summed E-state index contributed by atoms with van der Waals surface area (Å²) in [6, 6.07) is 0. The van der Waals surface area contributed by atoms with Gasteiger partial charge in [0.2, 0.25) is 0 Å². The molecule has 0 aliphatic rings. The fourth-order valence-corrected chi connectivity index (χ4v) is 0.347. The van der Waals surface area contributed by atoms with E-state index in [2.05, 4.69) is 0 Å². The third-order valence-electron chi connectivity index (χ3n) is 0.719. The molecule has 1 atom stereocenters. The van der Waals surface area contributed by atoms with Gasteiger partial charge in [-0.25, -0.2) is 0 Å². The minimum Gasteiger partial charge on any atom is -0.393 e. The summed E-state index contributed by atoms with van der Waals surface area (Å²) in [6.07, 6.45) is -0.551. The molecule has 0 heterocycles. The van der Waals surface area contributed by atoms with E-state index in [9.17, 15) is 0 Å². The standard InChI is InChI=1S/C4H11NO2/c1-5-2-4(7)3-6/h4-7H,2-3H2,1H3/p+1/t4-/m0/s1. The van der Waals surface area contributed by atoms with E-state index in [-0.39, 0.29) is 6.61 Å². The molecule has 0 aliphatic heterocycles. The molecule has 0 spiro atoms. The molecule has 0 aromatic carbocycles. The van der Waals surface area contributed by atoms with Crippen LogP contribution in [0.4, 0.5) is 0 Å². The second-order valence-electron chi connectivity index (χ2n) is 1.48. The Hall–Kier alpha value is -0.120. The van der Waals surface area contributed by atoms with Gasteiger partial charge in [-0.15, -0.1) is 0 Å². The number of likely N-dealkylation sites (N-methyl/N-ethyl adjacent to an activating group) is 1. The molecule has 0 aliphatic carbocycles. The molecule has 0 bridgehead atoms. The van der Waals surface area contributed by atoms with Gasteiger partial charge in [0.15, 0.2) is 0 Å². The highest BCUT2D eigenvalue weighted by Crippen LogP contribution is 1.68. The van der Waals surface area contributed by atoms with Crippen molar-refractivity contribution in [1.82, 2.24) is 0 Å². The molecule has 7 heavy (non-hydrogen) atoms. The van der Waals surface area contributed by atoms with Gasteiger partial charge in [-0.05, 0) is 0 Å². The smallest absolute Gasteiger partial charge is 0.126 e. The molecule has 0 amide bonds. The number of rotatable bonds is 3. The number of hydrogen-bond acceptors (Lipinski definition) is 2. The van der Waals surface area contributed by atoms with Crippen LogP contribution in [0.2, 0.25) is 0 Å². The monoisotopic (exact) mass is 106 g/mol. The van der Waals surface area contributed by atoms with Gasteiger partial charge < -0.3 is 15.5 Å². The number of hydrogen-bond donors (Lipinski definition) is 3. The Morgan fingerprint density at radius 2 is 2.29 bits per heavy atom. The summed E-state index contributed by atoms with van der Waals surface area (Å²) < 4.78 is 0. The second kappa shape index (κ2) is 4.05. The number of aliphatic hydroxyl groups excluding tert-OH is 2. The molecule has 0 rings (SSSR count). The van der Waals surface area contributed by atoms with Gasteiger partial charge in [-0.3, -0.25) is 0 Å². The highest BCUT2D eigenvalue weighted by atomic mass is 16.3. The van der Waals surface area contributed by atoms with Crippen LogP contribution < -0.4 is 5.32 Å². The summed E-state index contributed by atoms with van der Waals surface area (Å²) in [7, 11) is 1.85. The van der Waals surface area contributed by atoms with Crippen molar-refractivity contribution in [2.45, 2.75) is 6.10 Å². The van der Waals surface area contributed by atoms with E-state index in [4.69, 9.17) is 10.2 Å². The van der Waals surface area contributed by atoms with Crippen molar-refractivity contribution in [3.63, 3.8) is 0 Å². The van der Waals surface area contributed by atoms with Crippen molar-refractivity contribution < 1.29 is 15.5 Å². The van der Waals surface area contributed by atoms with Crippen LogP contribution in [0.3, 0.4) is 0 Å². The van der Waals surface area contributed by atoms with E-state index in [0.717, 1.165) is 0 Å². The molecule has 0 unspecified atom stereocenters. The molecule has 0 radical (unpaired) electrons. The zero-order valence-electron chi connectivity index (χ0n) is 4.46. The van der Waals surface area contributed by atoms with Crippen LogP contribution >= 0.6 is 0 Å². The molecule has 0 saturated heterocycles. The highest BCUT2D eigenvalue weighted by Gasteiger charge is 1.98. The molecular formula is C4H12NO2+. The van der Waals surface area contributed by atoms with E-state index < -0.39 is 6.10 Å². The predicted octanol–water partition coefficient (Wildman–Crippen LogP) is -2.47. The van der Waals surface area contributed by atoms with Crippen molar-refractivity contribution in [1.29, 1.82) is 0 Å². The van der Waals surface area contributed by atoms with Crippen LogP contribution in [0, 0.1) is 0 Å². The van der Waals surface area contributed by atoms with E-state index in [0.29, 0.717) is 6.54 Å². The Balaban J connectivity index is 2.83. The SMILES string of the molecule is C[NH2+]C[C@H](O)CO.